The molecular formula is C34H36N4O6S. The highest BCUT2D eigenvalue weighted by Gasteiger charge is 2.27. The zero-order chi connectivity index (χ0) is 32.1. The molecule has 10 nitrogen and oxygen atoms in total. The average Bonchev–Trinajstić information content (AvgIpc) is 3.43. The molecule has 1 aliphatic heterocycles. The van der Waals surface area contributed by atoms with Gasteiger partial charge in [-0.3, -0.25) is 9.59 Å². The summed E-state index contributed by atoms with van der Waals surface area (Å²) < 4.78 is 12.2. The first kappa shape index (κ1) is 31.7. The first-order chi connectivity index (χ1) is 21.7. The summed E-state index contributed by atoms with van der Waals surface area (Å²) in [5.74, 6) is -1.03. The van der Waals surface area contributed by atoms with Crippen LogP contribution in [0.2, 0.25) is 0 Å². The minimum Gasteiger partial charge on any atom is -0.493 e. The summed E-state index contributed by atoms with van der Waals surface area (Å²) in [6, 6.07) is 13.8. The number of nitrogens with two attached hydrogens (primary N) is 1. The van der Waals surface area contributed by atoms with E-state index >= 15 is 0 Å². The van der Waals surface area contributed by atoms with Crippen molar-refractivity contribution in [2.24, 2.45) is 11.7 Å². The molecule has 5 N–H and O–H groups in total. The van der Waals surface area contributed by atoms with E-state index in [1.165, 1.54) is 12.1 Å². The number of hydrogen-bond donors (Lipinski definition) is 4. The van der Waals surface area contributed by atoms with Gasteiger partial charge in [-0.1, -0.05) is 26.8 Å². The van der Waals surface area contributed by atoms with Crippen LogP contribution < -0.4 is 25.8 Å². The molecule has 0 spiro atoms. The smallest absolute Gasteiger partial charge is 0.355 e. The fraction of sp³-hybridized carbons (Fsp3) is 0.294. The summed E-state index contributed by atoms with van der Waals surface area (Å²) in [5, 5.41) is 17.9. The number of nitrogens with one attached hydrogen (secondary N) is 2. The number of carboxylic acids is 1. The molecule has 234 valence electrons. The Kier molecular flexibility index (Phi) is 9.80. The molecule has 3 heterocycles. The molecule has 0 saturated heterocycles. The van der Waals surface area contributed by atoms with Crippen molar-refractivity contribution < 1.29 is 29.0 Å². The second kappa shape index (κ2) is 13.9. The van der Waals surface area contributed by atoms with E-state index < -0.39 is 17.8 Å². The number of carboxylic acid groups (broad SMARTS) is 1. The zero-order valence-corrected chi connectivity index (χ0v) is 26.3. The number of anilines is 1. The highest BCUT2D eigenvalue weighted by Crippen LogP contribution is 2.43. The van der Waals surface area contributed by atoms with Gasteiger partial charge >= 0.3 is 5.97 Å². The molecule has 5 rings (SSSR count). The Morgan fingerprint density at radius 1 is 1.07 bits per heavy atom. The predicted molar refractivity (Wildman–Crippen MR) is 174 cm³/mol. The Morgan fingerprint density at radius 3 is 2.62 bits per heavy atom. The molecule has 0 radical (unpaired) electrons. The van der Waals surface area contributed by atoms with Crippen LogP contribution in [0.4, 0.5) is 5.69 Å². The standard InChI is InChI=1S/C34H36N4O6S/c1-4-11-36-33(40)27-8-6-22(30(37-27)34(41)42)23-16-28-25(31-21(9-12-43-28)10-13-45-31)15-24(23)32(39)38-26-7-5-20(17-35)14-29(26)44-18-19(2)3/h5-8,10,13-16,19H,4,9,11-12,17-18,35H2,1-3H3,(H,36,40)(H,38,39)(H,41,42). The molecule has 11 heteroatoms. The van der Waals surface area contributed by atoms with Crippen molar-refractivity contribution in [2.75, 3.05) is 25.1 Å². The molecule has 0 aliphatic carbocycles. The number of amides is 2. The largest absolute Gasteiger partial charge is 0.493 e. The number of benzene rings is 2. The third-order valence-corrected chi connectivity index (χ3v) is 8.23. The van der Waals surface area contributed by atoms with Crippen LogP contribution in [0.5, 0.6) is 11.5 Å². The van der Waals surface area contributed by atoms with Gasteiger partial charge in [0.05, 0.1) is 18.9 Å². The van der Waals surface area contributed by atoms with Crippen LogP contribution in [-0.4, -0.2) is 47.6 Å². The van der Waals surface area contributed by atoms with Crippen LogP contribution >= 0.6 is 11.3 Å². The highest BCUT2D eigenvalue weighted by molar-refractivity contribution is 7.13. The SMILES string of the molecule is CCCNC(=O)c1ccc(-c2cc3c(cc2C(=O)Nc2ccc(CN)cc2OCC(C)C)-c2sccc2CCO3)c(C(=O)O)n1. The topological polar surface area (TPSA) is 153 Å². The highest BCUT2D eigenvalue weighted by atomic mass is 32.1. The van der Waals surface area contributed by atoms with Gasteiger partial charge in [-0.25, -0.2) is 9.78 Å². The number of thiophene rings is 1. The maximum atomic E-state index is 14.2. The van der Waals surface area contributed by atoms with Gasteiger partial charge in [-0.15, -0.1) is 11.3 Å². The van der Waals surface area contributed by atoms with E-state index in [4.69, 9.17) is 15.2 Å². The van der Waals surface area contributed by atoms with Gasteiger partial charge < -0.3 is 30.9 Å². The maximum Gasteiger partial charge on any atom is 0.355 e. The molecule has 0 bridgehead atoms. The molecule has 45 heavy (non-hydrogen) atoms. The van der Waals surface area contributed by atoms with Gasteiger partial charge in [-0.2, -0.15) is 0 Å². The van der Waals surface area contributed by atoms with E-state index in [-0.39, 0.29) is 28.4 Å². The molecule has 4 aromatic rings. The molecular weight excluding hydrogens is 592 g/mol. The van der Waals surface area contributed by atoms with E-state index in [1.54, 1.807) is 35.6 Å². The zero-order valence-electron chi connectivity index (χ0n) is 25.4. The van der Waals surface area contributed by atoms with Gasteiger partial charge in [0.25, 0.3) is 11.8 Å². The van der Waals surface area contributed by atoms with Crippen molar-refractivity contribution in [2.45, 2.75) is 40.2 Å². The number of aromatic carboxylic acids is 1. The molecule has 2 amide bonds. The van der Waals surface area contributed by atoms with E-state index in [0.29, 0.717) is 61.9 Å². The van der Waals surface area contributed by atoms with Crippen molar-refractivity contribution in [1.82, 2.24) is 10.3 Å². The summed E-state index contributed by atoms with van der Waals surface area (Å²) in [4.78, 5) is 44.5. The lowest BCUT2D eigenvalue weighted by Crippen LogP contribution is -2.25. The van der Waals surface area contributed by atoms with Crippen molar-refractivity contribution in [3.8, 4) is 33.1 Å². The first-order valence-electron chi connectivity index (χ1n) is 14.9. The third kappa shape index (κ3) is 7.00. The second-order valence-corrected chi connectivity index (χ2v) is 12.0. The molecule has 0 fully saturated rings. The van der Waals surface area contributed by atoms with Crippen molar-refractivity contribution in [3.05, 3.63) is 82.0 Å². The predicted octanol–water partition coefficient (Wildman–Crippen LogP) is 6.00. The Hall–Kier alpha value is -4.74. The second-order valence-electron chi connectivity index (χ2n) is 11.1. The van der Waals surface area contributed by atoms with Gasteiger partial charge in [0.2, 0.25) is 0 Å². The minimum absolute atomic E-state index is 0.0308. The van der Waals surface area contributed by atoms with Crippen LogP contribution in [-0.2, 0) is 13.0 Å². The van der Waals surface area contributed by atoms with Gasteiger partial charge in [0, 0.05) is 46.6 Å². The lowest BCUT2D eigenvalue weighted by molar-refractivity contribution is 0.0691. The maximum absolute atomic E-state index is 14.2. The van der Waals surface area contributed by atoms with E-state index in [1.807, 2.05) is 38.3 Å². The van der Waals surface area contributed by atoms with Gasteiger partial charge in [-0.05, 0) is 71.3 Å². The summed E-state index contributed by atoms with van der Waals surface area (Å²) in [6.45, 7) is 7.56. The molecule has 0 saturated carbocycles. The number of carbonyl (C=O) groups is 3. The summed E-state index contributed by atoms with van der Waals surface area (Å²) in [5.41, 5.74) is 9.32. The van der Waals surface area contributed by atoms with Gasteiger partial charge in [0.15, 0.2) is 5.69 Å². The van der Waals surface area contributed by atoms with E-state index in [2.05, 4.69) is 15.6 Å². The van der Waals surface area contributed by atoms with Crippen LogP contribution in [0.15, 0.2) is 53.9 Å². The van der Waals surface area contributed by atoms with Crippen molar-refractivity contribution in [3.63, 3.8) is 0 Å². The molecule has 1 aliphatic rings. The molecule has 0 unspecified atom stereocenters. The molecule has 2 aromatic heterocycles. The van der Waals surface area contributed by atoms with Crippen LogP contribution in [0.3, 0.4) is 0 Å². The van der Waals surface area contributed by atoms with Crippen molar-refractivity contribution in [1.29, 1.82) is 0 Å². The average molecular weight is 629 g/mol. The van der Waals surface area contributed by atoms with Crippen LogP contribution in [0.1, 0.15) is 69.7 Å². The summed E-state index contributed by atoms with van der Waals surface area (Å²) in [6.07, 6.45) is 1.41. The Morgan fingerprint density at radius 2 is 1.89 bits per heavy atom. The normalized spacial score (nSPS) is 12.0. The monoisotopic (exact) mass is 628 g/mol. The summed E-state index contributed by atoms with van der Waals surface area (Å²) >= 11 is 1.55. The quantitative estimate of drug-likeness (QED) is 0.158. The number of rotatable bonds is 11. The summed E-state index contributed by atoms with van der Waals surface area (Å²) in [7, 11) is 0. The van der Waals surface area contributed by atoms with E-state index in [0.717, 1.165) is 21.6 Å². The van der Waals surface area contributed by atoms with Crippen LogP contribution in [0, 0.1) is 5.92 Å². The number of fused-ring (bicyclic) bond motifs is 3. The number of hydrogen-bond acceptors (Lipinski definition) is 8. The molecule has 0 atom stereocenters. The lowest BCUT2D eigenvalue weighted by atomic mass is 9.93. The number of carbonyl (C=O) groups excluding carboxylic acids is 2. The van der Waals surface area contributed by atoms with Crippen LogP contribution in [0.25, 0.3) is 21.6 Å². The minimum atomic E-state index is -1.33. The Bertz CT molecular complexity index is 1750. The third-order valence-electron chi connectivity index (χ3n) is 7.24. The number of ether oxygens (including phenoxy) is 2. The number of aromatic nitrogens is 1. The van der Waals surface area contributed by atoms with Gasteiger partial charge in [0.1, 0.15) is 17.2 Å². The first-order valence-corrected chi connectivity index (χ1v) is 15.8. The molecule has 2 aromatic carbocycles. The fourth-order valence-corrected chi connectivity index (χ4v) is 5.96. The van der Waals surface area contributed by atoms with Crippen molar-refractivity contribution >= 4 is 34.8 Å². The Labute approximate surface area is 265 Å². The number of pyridine rings is 1. The Balaban J connectivity index is 1.65. The fourth-order valence-electron chi connectivity index (χ4n) is 4.98. The van der Waals surface area contributed by atoms with E-state index in [9.17, 15) is 19.5 Å². The lowest BCUT2D eigenvalue weighted by Gasteiger charge is -2.18. The number of nitrogens with zero attached hydrogens (tertiary/aromatic N) is 1.